The Kier molecular flexibility index (Phi) is 4.62. The van der Waals surface area contributed by atoms with Crippen molar-refractivity contribution in [2.75, 3.05) is 0 Å². The SMILES string of the molecule is BCc1ccc(-c2ccc(C(=O)NC3CCCC3)cc2)cc1. The third kappa shape index (κ3) is 3.41. The zero-order valence-electron chi connectivity index (χ0n) is 13.1. The van der Waals surface area contributed by atoms with E-state index >= 15 is 0 Å². The molecule has 0 saturated heterocycles. The summed E-state index contributed by atoms with van der Waals surface area (Å²) in [5.74, 6) is 0.0554. The number of carbonyl (C=O) groups excluding carboxylic acids is 1. The van der Waals surface area contributed by atoms with Crippen LogP contribution in [0.4, 0.5) is 0 Å². The molecule has 0 aliphatic heterocycles. The van der Waals surface area contributed by atoms with E-state index in [0.717, 1.165) is 30.3 Å². The maximum atomic E-state index is 12.2. The van der Waals surface area contributed by atoms with Gasteiger partial charge in [-0.3, -0.25) is 4.79 Å². The monoisotopic (exact) mass is 291 g/mol. The van der Waals surface area contributed by atoms with Gasteiger partial charge in [-0.25, -0.2) is 0 Å². The van der Waals surface area contributed by atoms with Crippen LogP contribution in [-0.4, -0.2) is 19.8 Å². The van der Waals surface area contributed by atoms with E-state index in [9.17, 15) is 4.79 Å². The Balaban J connectivity index is 1.69. The number of amides is 1. The van der Waals surface area contributed by atoms with Gasteiger partial charge in [-0.15, -0.1) is 0 Å². The van der Waals surface area contributed by atoms with Gasteiger partial charge in [0.1, 0.15) is 7.85 Å². The molecule has 2 nitrogen and oxygen atoms in total. The third-order valence-electron chi connectivity index (χ3n) is 4.53. The number of carbonyl (C=O) groups is 1. The predicted octanol–water partition coefficient (Wildman–Crippen LogP) is 3.16. The molecule has 2 aromatic carbocycles. The van der Waals surface area contributed by atoms with Crippen LogP contribution in [0.15, 0.2) is 48.5 Å². The molecule has 1 fully saturated rings. The van der Waals surface area contributed by atoms with E-state index < -0.39 is 0 Å². The highest BCUT2D eigenvalue weighted by Gasteiger charge is 2.17. The molecule has 1 N–H and O–H groups in total. The molecule has 0 bridgehead atoms. The summed E-state index contributed by atoms with van der Waals surface area (Å²) in [5, 5.41) is 3.13. The summed E-state index contributed by atoms with van der Waals surface area (Å²) in [5.41, 5.74) is 4.44. The summed E-state index contributed by atoms with van der Waals surface area (Å²) < 4.78 is 0. The number of nitrogens with one attached hydrogen (secondary N) is 1. The normalized spacial score (nSPS) is 14.9. The van der Waals surface area contributed by atoms with Gasteiger partial charge in [-0.2, -0.15) is 0 Å². The Morgan fingerprint density at radius 2 is 1.50 bits per heavy atom. The number of rotatable bonds is 4. The summed E-state index contributed by atoms with van der Waals surface area (Å²) in [6.45, 7) is 0. The van der Waals surface area contributed by atoms with Crippen molar-refractivity contribution >= 4 is 13.8 Å². The van der Waals surface area contributed by atoms with E-state index in [0.29, 0.717) is 6.04 Å². The minimum Gasteiger partial charge on any atom is -0.349 e. The minimum atomic E-state index is 0.0554. The van der Waals surface area contributed by atoms with E-state index in [4.69, 9.17) is 0 Å². The van der Waals surface area contributed by atoms with Gasteiger partial charge < -0.3 is 5.32 Å². The van der Waals surface area contributed by atoms with Crippen molar-refractivity contribution in [1.29, 1.82) is 0 Å². The zero-order chi connectivity index (χ0) is 15.4. The highest BCUT2D eigenvalue weighted by molar-refractivity contribution is 6.08. The van der Waals surface area contributed by atoms with Crippen LogP contribution >= 0.6 is 0 Å². The van der Waals surface area contributed by atoms with Crippen molar-refractivity contribution in [2.24, 2.45) is 0 Å². The van der Waals surface area contributed by atoms with E-state index in [1.807, 2.05) is 24.3 Å². The topological polar surface area (TPSA) is 29.1 Å². The average molecular weight is 291 g/mol. The van der Waals surface area contributed by atoms with Gasteiger partial charge in [0, 0.05) is 11.6 Å². The molecule has 3 rings (SSSR count). The Hall–Kier alpha value is -2.03. The molecule has 2 aromatic rings. The van der Waals surface area contributed by atoms with Crippen LogP contribution in [-0.2, 0) is 6.32 Å². The first-order valence-electron chi connectivity index (χ1n) is 8.26. The average Bonchev–Trinajstić information content (AvgIpc) is 3.08. The van der Waals surface area contributed by atoms with Gasteiger partial charge in [0.05, 0.1) is 0 Å². The van der Waals surface area contributed by atoms with Gasteiger partial charge >= 0.3 is 0 Å². The first kappa shape index (κ1) is 14.9. The van der Waals surface area contributed by atoms with Crippen LogP contribution < -0.4 is 5.32 Å². The predicted molar refractivity (Wildman–Crippen MR) is 93.8 cm³/mol. The summed E-state index contributed by atoms with van der Waals surface area (Å²) in [7, 11) is 2.16. The molecule has 1 aliphatic carbocycles. The lowest BCUT2D eigenvalue weighted by atomic mass is 9.95. The lowest BCUT2D eigenvalue weighted by Crippen LogP contribution is -2.32. The second kappa shape index (κ2) is 6.82. The zero-order valence-corrected chi connectivity index (χ0v) is 13.1. The molecule has 0 heterocycles. The summed E-state index contributed by atoms with van der Waals surface area (Å²) in [6.07, 6.45) is 5.76. The van der Waals surface area contributed by atoms with Gasteiger partial charge in [-0.05, 0) is 36.1 Å². The van der Waals surface area contributed by atoms with Crippen LogP contribution in [0.3, 0.4) is 0 Å². The molecule has 0 aromatic heterocycles. The number of hydrogen-bond acceptors (Lipinski definition) is 1. The lowest BCUT2D eigenvalue weighted by Gasteiger charge is -2.12. The largest absolute Gasteiger partial charge is 0.349 e. The molecule has 3 heteroatoms. The quantitative estimate of drug-likeness (QED) is 0.861. The summed E-state index contributed by atoms with van der Waals surface area (Å²) in [6, 6.07) is 16.9. The second-order valence-electron chi connectivity index (χ2n) is 6.08. The van der Waals surface area contributed by atoms with E-state index in [1.165, 1.54) is 24.0 Å². The molecule has 22 heavy (non-hydrogen) atoms. The van der Waals surface area contributed by atoms with Gasteiger partial charge in [-0.1, -0.05) is 61.1 Å². The maximum absolute atomic E-state index is 12.2. The molecule has 1 amide bonds. The van der Waals surface area contributed by atoms with Crippen LogP contribution in [0.25, 0.3) is 11.1 Å². The molecule has 0 unspecified atom stereocenters. The molecular formula is C19H22BNO. The standard InChI is InChI=1S/C19H22BNO/c20-13-14-5-7-15(8-6-14)16-9-11-17(12-10-16)19(22)21-18-3-1-2-4-18/h5-12,18H,1-4,13,20H2,(H,21,22). The van der Waals surface area contributed by atoms with Crippen molar-refractivity contribution in [3.05, 3.63) is 59.7 Å². The summed E-state index contributed by atoms with van der Waals surface area (Å²) in [4.78, 5) is 12.2. The second-order valence-corrected chi connectivity index (χ2v) is 6.08. The van der Waals surface area contributed by atoms with Crippen LogP contribution in [0.2, 0.25) is 0 Å². The Labute approximate surface area is 133 Å². The molecule has 0 atom stereocenters. The Bertz CT molecular complexity index is 627. The highest BCUT2D eigenvalue weighted by atomic mass is 16.1. The first-order chi connectivity index (χ1) is 10.8. The third-order valence-corrected chi connectivity index (χ3v) is 4.53. The molecule has 1 saturated carbocycles. The first-order valence-corrected chi connectivity index (χ1v) is 8.26. The van der Waals surface area contributed by atoms with Crippen molar-refractivity contribution < 1.29 is 4.79 Å². The van der Waals surface area contributed by atoms with Crippen LogP contribution in [0, 0.1) is 0 Å². The van der Waals surface area contributed by atoms with Crippen molar-refractivity contribution in [1.82, 2.24) is 5.32 Å². The molecule has 0 spiro atoms. The van der Waals surface area contributed by atoms with E-state index in [1.54, 1.807) is 0 Å². The van der Waals surface area contributed by atoms with E-state index in [-0.39, 0.29) is 5.91 Å². The van der Waals surface area contributed by atoms with Crippen molar-refractivity contribution in [2.45, 2.75) is 38.0 Å². The fraction of sp³-hybridized carbons (Fsp3) is 0.316. The van der Waals surface area contributed by atoms with Crippen molar-refractivity contribution in [3.63, 3.8) is 0 Å². The lowest BCUT2D eigenvalue weighted by molar-refractivity contribution is 0.0938. The van der Waals surface area contributed by atoms with Crippen molar-refractivity contribution in [3.8, 4) is 11.1 Å². The van der Waals surface area contributed by atoms with Gasteiger partial charge in [0.15, 0.2) is 0 Å². The Morgan fingerprint density at radius 3 is 2.05 bits per heavy atom. The summed E-state index contributed by atoms with van der Waals surface area (Å²) >= 11 is 0. The van der Waals surface area contributed by atoms with Crippen LogP contribution in [0.1, 0.15) is 41.6 Å². The highest BCUT2D eigenvalue weighted by Crippen LogP contribution is 2.21. The van der Waals surface area contributed by atoms with Gasteiger partial charge in [0.25, 0.3) is 5.91 Å². The number of benzene rings is 2. The smallest absolute Gasteiger partial charge is 0.251 e. The maximum Gasteiger partial charge on any atom is 0.251 e. The fourth-order valence-electron chi connectivity index (χ4n) is 3.09. The molecule has 1 aliphatic rings. The number of hydrogen-bond donors (Lipinski definition) is 1. The Morgan fingerprint density at radius 1 is 0.955 bits per heavy atom. The molecule has 0 radical (unpaired) electrons. The van der Waals surface area contributed by atoms with Gasteiger partial charge in [0.2, 0.25) is 0 Å². The molecular weight excluding hydrogens is 269 g/mol. The molecule has 112 valence electrons. The van der Waals surface area contributed by atoms with Crippen LogP contribution in [0.5, 0.6) is 0 Å². The fourth-order valence-corrected chi connectivity index (χ4v) is 3.09. The van der Waals surface area contributed by atoms with E-state index in [2.05, 4.69) is 37.4 Å². The minimum absolute atomic E-state index is 0.0554.